The Morgan fingerprint density at radius 1 is 1.70 bits per heavy atom. The molecule has 0 aromatic carbocycles. The summed E-state index contributed by atoms with van der Waals surface area (Å²) in [6.45, 7) is 5.33. The summed E-state index contributed by atoms with van der Waals surface area (Å²) in [4.78, 5) is 17.0. The predicted molar refractivity (Wildman–Crippen MR) is 72.2 cm³/mol. The van der Waals surface area contributed by atoms with Gasteiger partial charge in [0.25, 0.3) is 5.91 Å². The summed E-state index contributed by atoms with van der Waals surface area (Å²) >= 11 is 0. The van der Waals surface area contributed by atoms with Crippen molar-refractivity contribution in [3.63, 3.8) is 0 Å². The Hall–Kier alpha value is -1.84. The SMILES string of the molecule is COC[C@H]1CN(C(=O)c2cc(C#N)c[nH]2)CC(C)(C)O1. The van der Waals surface area contributed by atoms with Gasteiger partial charge < -0.3 is 19.4 Å². The van der Waals surface area contributed by atoms with Crippen LogP contribution in [0.4, 0.5) is 0 Å². The first-order chi connectivity index (χ1) is 9.45. The van der Waals surface area contributed by atoms with E-state index in [9.17, 15) is 4.79 Å². The maximum absolute atomic E-state index is 12.5. The molecule has 6 heteroatoms. The number of nitrogens with one attached hydrogen (secondary N) is 1. The lowest BCUT2D eigenvalue weighted by Crippen LogP contribution is -2.55. The van der Waals surface area contributed by atoms with E-state index in [4.69, 9.17) is 14.7 Å². The third-order valence-corrected chi connectivity index (χ3v) is 3.16. The number of methoxy groups -OCH3 is 1. The topological polar surface area (TPSA) is 78.4 Å². The minimum Gasteiger partial charge on any atom is -0.382 e. The van der Waals surface area contributed by atoms with Gasteiger partial charge in [-0.15, -0.1) is 0 Å². The average molecular weight is 277 g/mol. The van der Waals surface area contributed by atoms with Gasteiger partial charge in [-0.05, 0) is 19.9 Å². The summed E-state index contributed by atoms with van der Waals surface area (Å²) in [5.41, 5.74) is 0.464. The van der Waals surface area contributed by atoms with Crippen molar-refractivity contribution in [2.75, 3.05) is 26.8 Å². The van der Waals surface area contributed by atoms with E-state index in [1.54, 1.807) is 18.1 Å². The molecule has 1 aliphatic heterocycles. The number of hydrogen-bond donors (Lipinski definition) is 1. The fourth-order valence-corrected chi connectivity index (χ4v) is 2.48. The number of amides is 1. The van der Waals surface area contributed by atoms with Crippen molar-refractivity contribution < 1.29 is 14.3 Å². The van der Waals surface area contributed by atoms with Gasteiger partial charge in [-0.3, -0.25) is 4.79 Å². The number of carbonyl (C=O) groups excluding carboxylic acids is 1. The minimum absolute atomic E-state index is 0.121. The number of rotatable bonds is 3. The summed E-state index contributed by atoms with van der Waals surface area (Å²) in [6, 6.07) is 3.57. The molecule has 1 aromatic rings. The van der Waals surface area contributed by atoms with Crippen LogP contribution in [0.2, 0.25) is 0 Å². The third-order valence-electron chi connectivity index (χ3n) is 3.16. The van der Waals surface area contributed by atoms with Crippen LogP contribution in [0.5, 0.6) is 0 Å². The quantitative estimate of drug-likeness (QED) is 0.899. The zero-order valence-electron chi connectivity index (χ0n) is 12.0. The van der Waals surface area contributed by atoms with Gasteiger partial charge in [0.2, 0.25) is 0 Å². The van der Waals surface area contributed by atoms with Gasteiger partial charge in [0.1, 0.15) is 11.8 Å². The van der Waals surface area contributed by atoms with Gasteiger partial charge in [0.15, 0.2) is 0 Å². The molecule has 6 nitrogen and oxygen atoms in total. The number of carbonyl (C=O) groups is 1. The molecule has 1 fully saturated rings. The second kappa shape index (κ2) is 5.65. The number of ether oxygens (including phenoxy) is 2. The molecule has 1 aliphatic rings. The molecule has 0 aliphatic carbocycles. The van der Waals surface area contributed by atoms with Crippen LogP contribution in [-0.2, 0) is 9.47 Å². The van der Waals surface area contributed by atoms with E-state index in [-0.39, 0.29) is 12.0 Å². The molecule has 1 aromatic heterocycles. The molecule has 0 radical (unpaired) electrons. The molecular weight excluding hydrogens is 258 g/mol. The van der Waals surface area contributed by atoms with E-state index >= 15 is 0 Å². The molecule has 1 saturated heterocycles. The molecule has 1 atom stereocenters. The molecule has 108 valence electrons. The van der Waals surface area contributed by atoms with Crippen LogP contribution < -0.4 is 0 Å². The Balaban J connectivity index is 2.14. The average Bonchev–Trinajstić information content (AvgIpc) is 2.85. The molecule has 2 rings (SSSR count). The van der Waals surface area contributed by atoms with Crippen LogP contribution >= 0.6 is 0 Å². The standard InChI is InChI=1S/C14H19N3O3/c1-14(2)9-17(7-11(20-14)8-19-3)13(18)12-4-10(5-15)6-16-12/h4,6,11,16H,7-9H2,1-3H3/t11-/m1/s1. The Labute approximate surface area is 118 Å². The van der Waals surface area contributed by atoms with Crippen LogP contribution in [0, 0.1) is 11.3 Å². The largest absolute Gasteiger partial charge is 0.382 e. The van der Waals surface area contributed by atoms with Crippen LogP contribution in [0.15, 0.2) is 12.3 Å². The van der Waals surface area contributed by atoms with Crippen molar-refractivity contribution in [1.29, 1.82) is 5.26 Å². The number of H-pyrrole nitrogens is 1. The van der Waals surface area contributed by atoms with Crippen molar-refractivity contribution in [3.8, 4) is 6.07 Å². The van der Waals surface area contributed by atoms with Crippen LogP contribution in [-0.4, -0.2) is 54.3 Å². The molecule has 0 bridgehead atoms. The van der Waals surface area contributed by atoms with Crippen LogP contribution in [0.1, 0.15) is 29.9 Å². The van der Waals surface area contributed by atoms with Gasteiger partial charge in [0.05, 0.1) is 23.9 Å². The second-order valence-electron chi connectivity index (χ2n) is 5.55. The molecule has 0 saturated carbocycles. The first-order valence-electron chi connectivity index (χ1n) is 6.50. The molecular formula is C14H19N3O3. The molecule has 1 N–H and O–H groups in total. The van der Waals surface area contributed by atoms with E-state index in [1.807, 2.05) is 19.9 Å². The number of nitrogens with zero attached hydrogens (tertiary/aromatic N) is 2. The van der Waals surface area contributed by atoms with Crippen LogP contribution in [0.3, 0.4) is 0 Å². The highest BCUT2D eigenvalue weighted by atomic mass is 16.5. The first kappa shape index (κ1) is 14.6. The summed E-state index contributed by atoms with van der Waals surface area (Å²) in [6.07, 6.45) is 1.39. The van der Waals surface area contributed by atoms with Gasteiger partial charge in [-0.1, -0.05) is 0 Å². The second-order valence-corrected chi connectivity index (χ2v) is 5.55. The highest BCUT2D eigenvalue weighted by Gasteiger charge is 2.36. The van der Waals surface area contributed by atoms with E-state index in [2.05, 4.69) is 4.98 Å². The van der Waals surface area contributed by atoms with E-state index in [0.29, 0.717) is 31.0 Å². The predicted octanol–water partition coefficient (Wildman–Crippen LogP) is 1.15. The third kappa shape index (κ3) is 3.18. The smallest absolute Gasteiger partial charge is 0.270 e. The number of hydrogen-bond acceptors (Lipinski definition) is 4. The van der Waals surface area contributed by atoms with Crippen LogP contribution in [0.25, 0.3) is 0 Å². The van der Waals surface area contributed by atoms with Crippen molar-refractivity contribution in [1.82, 2.24) is 9.88 Å². The maximum Gasteiger partial charge on any atom is 0.270 e. The fourth-order valence-electron chi connectivity index (χ4n) is 2.48. The molecule has 2 heterocycles. The summed E-state index contributed by atoms with van der Waals surface area (Å²) < 4.78 is 11.0. The van der Waals surface area contributed by atoms with E-state index in [0.717, 1.165) is 0 Å². The Bertz CT molecular complexity index is 530. The highest BCUT2D eigenvalue weighted by Crippen LogP contribution is 2.22. The van der Waals surface area contributed by atoms with E-state index < -0.39 is 5.60 Å². The zero-order chi connectivity index (χ0) is 14.8. The number of morpholine rings is 1. The molecule has 20 heavy (non-hydrogen) atoms. The lowest BCUT2D eigenvalue weighted by molar-refractivity contribution is -0.143. The van der Waals surface area contributed by atoms with Crippen molar-refractivity contribution in [2.45, 2.75) is 25.6 Å². The van der Waals surface area contributed by atoms with Crippen molar-refractivity contribution in [3.05, 3.63) is 23.5 Å². The number of aromatic nitrogens is 1. The van der Waals surface area contributed by atoms with E-state index in [1.165, 1.54) is 6.20 Å². The number of nitriles is 1. The van der Waals surface area contributed by atoms with Gasteiger partial charge >= 0.3 is 0 Å². The van der Waals surface area contributed by atoms with Gasteiger partial charge in [-0.25, -0.2) is 0 Å². The monoisotopic (exact) mass is 277 g/mol. The first-order valence-corrected chi connectivity index (χ1v) is 6.50. The van der Waals surface area contributed by atoms with Gasteiger partial charge in [-0.2, -0.15) is 5.26 Å². The summed E-state index contributed by atoms with van der Waals surface area (Å²) in [5, 5.41) is 8.81. The fraction of sp³-hybridized carbons (Fsp3) is 0.571. The molecule has 0 unspecified atom stereocenters. The normalized spacial score (nSPS) is 21.5. The number of aromatic amines is 1. The molecule has 0 spiro atoms. The molecule has 1 amide bonds. The Morgan fingerprint density at radius 3 is 3.05 bits per heavy atom. The highest BCUT2D eigenvalue weighted by molar-refractivity contribution is 5.93. The van der Waals surface area contributed by atoms with Crippen molar-refractivity contribution in [2.24, 2.45) is 0 Å². The van der Waals surface area contributed by atoms with Crippen molar-refractivity contribution >= 4 is 5.91 Å². The summed E-state index contributed by atoms with van der Waals surface area (Å²) in [5.74, 6) is -0.121. The Kier molecular flexibility index (Phi) is 4.12. The van der Waals surface area contributed by atoms with Gasteiger partial charge in [0, 0.05) is 26.4 Å². The maximum atomic E-state index is 12.5. The zero-order valence-corrected chi connectivity index (χ0v) is 12.0. The Morgan fingerprint density at radius 2 is 2.45 bits per heavy atom. The lowest BCUT2D eigenvalue weighted by atomic mass is 10.0. The lowest BCUT2D eigenvalue weighted by Gasteiger charge is -2.42. The minimum atomic E-state index is -0.415. The summed E-state index contributed by atoms with van der Waals surface area (Å²) in [7, 11) is 1.61.